The number of aryl methyl sites for hydroxylation is 1. The van der Waals surface area contributed by atoms with E-state index in [1.807, 2.05) is 31.3 Å². The highest BCUT2D eigenvalue weighted by Crippen LogP contribution is 2.32. The summed E-state index contributed by atoms with van der Waals surface area (Å²) in [5.74, 6) is 0.565. The van der Waals surface area contributed by atoms with Gasteiger partial charge in [-0.2, -0.15) is 5.10 Å². The average Bonchev–Trinajstić information content (AvgIpc) is 2.73. The number of nitrogens with zero attached hydrogens (tertiary/aromatic N) is 2. The van der Waals surface area contributed by atoms with Gasteiger partial charge in [-0.3, -0.25) is 5.10 Å². The van der Waals surface area contributed by atoms with Crippen LogP contribution in [0.5, 0.6) is 0 Å². The monoisotopic (exact) mass is 224 g/mol. The van der Waals surface area contributed by atoms with Gasteiger partial charge in [-0.15, -0.1) is 0 Å². The standard InChI is InChI=1S/C13H12N4/c1-8-7-15-13-11(12(14)16-17-13)10(8)9-5-3-2-4-6-9/h2-7H,1H3,(H3,14,15,16,17). The summed E-state index contributed by atoms with van der Waals surface area (Å²) >= 11 is 0. The lowest BCUT2D eigenvalue weighted by Crippen LogP contribution is -1.90. The molecule has 0 saturated heterocycles. The van der Waals surface area contributed by atoms with E-state index >= 15 is 0 Å². The molecule has 0 fully saturated rings. The number of nitrogens with two attached hydrogens (primary N) is 1. The Morgan fingerprint density at radius 3 is 2.71 bits per heavy atom. The van der Waals surface area contributed by atoms with Crippen molar-refractivity contribution in [3.8, 4) is 11.1 Å². The summed E-state index contributed by atoms with van der Waals surface area (Å²) < 4.78 is 0. The van der Waals surface area contributed by atoms with Crippen LogP contribution < -0.4 is 5.73 Å². The molecule has 0 bridgehead atoms. The number of benzene rings is 1. The van der Waals surface area contributed by atoms with Crippen LogP contribution in [0.25, 0.3) is 22.2 Å². The summed E-state index contributed by atoms with van der Waals surface area (Å²) in [7, 11) is 0. The number of nitrogen functional groups attached to an aromatic ring is 1. The molecule has 3 aromatic rings. The molecule has 3 rings (SSSR count). The normalized spacial score (nSPS) is 10.9. The van der Waals surface area contributed by atoms with E-state index in [0.717, 1.165) is 22.1 Å². The number of nitrogens with one attached hydrogen (secondary N) is 1. The van der Waals surface area contributed by atoms with Gasteiger partial charge in [0.2, 0.25) is 0 Å². The van der Waals surface area contributed by atoms with Crippen molar-refractivity contribution in [2.45, 2.75) is 6.92 Å². The highest BCUT2D eigenvalue weighted by Gasteiger charge is 2.13. The van der Waals surface area contributed by atoms with Crippen LogP contribution in [0, 0.1) is 6.92 Å². The molecule has 0 spiro atoms. The molecule has 84 valence electrons. The molecular formula is C13H12N4. The molecule has 0 radical (unpaired) electrons. The Morgan fingerprint density at radius 1 is 1.18 bits per heavy atom. The predicted molar refractivity (Wildman–Crippen MR) is 68.5 cm³/mol. The zero-order chi connectivity index (χ0) is 11.8. The number of aromatic amines is 1. The molecular weight excluding hydrogens is 212 g/mol. The van der Waals surface area contributed by atoms with Crippen LogP contribution in [-0.2, 0) is 0 Å². The van der Waals surface area contributed by atoms with Crippen LogP contribution in [0.4, 0.5) is 5.82 Å². The van der Waals surface area contributed by atoms with Crippen LogP contribution in [-0.4, -0.2) is 15.2 Å². The fourth-order valence-electron chi connectivity index (χ4n) is 2.08. The van der Waals surface area contributed by atoms with Gasteiger partial charge >= 0.3 is 0 Å². The number of anilines is 1. The highest BCUT2D eigenvalue weighted by atomic mass is 15.2. The third kappa shape index (κ3) is 1.45. The van der Waals surface area contributed by atoms with Crippen LogP contribution in [0.15, 0.2) is 36.5 Å². The first-order valence-electron chi connectivity index (χ1n) is 5.42. The Balaban J connectivity index is 2.42. The minimum atomic E-state index is 0.565. The second-order valence-electron chi connectivity index (χ2n) is 4.02. The van der Waals surface area contributed by atoms with E-state index in [2.05, 4.69) is 27.3 Å². The molecule has 0 aliphatic heterocycles. The maximum Gasteiger partial charge on any atom is 0.183 e. The van der Waals surface area contributed by atoms with Crippen molar-refractivity contribution in [2.24, 2.45) is 0 Å². The molecule has 0 aliphatic carbocycles. The minimum absolute atomic E-state index is 0.565. The number of pyridine rings is 1. The van der Waals surface area contributed by atoms with Crippen molar-refractivity contribution >= 4 is 16.9 Å². The topological polar surface area (TPSA) is 67.6 Å². The van der Waals surface area contributed by atoms with Crippen molar-refractivity contribution in [3.63, 3.8) is 0 Å². The van der Waals surface area contributed by atoms with Gasteiger partial charge in [-0.1, -0.05) is 30.3 Å². The van der Waals surface area contributed by atoms with Gasteiger partial charge in [0.05, 0.1) is 5.39 Å². The molecule has 2 heterocycles. The molecule has 4 heteroatoms. The Labute approximate surface area is 98.5 Å². The number of hydrogen-bond acceptors (Lipinski definition) is 3. The highest BCUT2D eigenvalue weighted by molar-refractivity contribution is 6.00. The lowest BCUT2D eigenvalue weighted by molar-refractivity contribution is 1.10. The van der Waals surface area contributed by atoms with Crippen molar-refractivity contribution < 1.29 is 0 Å². The SMILES string of the molecule is Cc1cnc2n[nH]c(N)c2c1-c1ccccc1. The summed E-state index contributed by atoms with van der Waals surface area (Å²) in [5.41, 5.74) is 9.91. The second-order valence-corrected chi connectivity index (χ2v) is 4.02. The number of fused-ring (bicyclic) bond motifs is 1. The summed E-state index contributed by atoms with van der Waals surface area (Å²) in [6.07, 6.45) is 1.82. The number of aromatic nitrogens is 3. The van der Waals surface area contributed by atoms with Crippen LogP contribution in [0.1, 0.15) is 5.56 Å². The Kier molecular flexibility index (Phi) is 2.08. The number of H-pyrrole nitrogens is 1. The minimum Gasteiger partial charge on any atom is -0.383 e. The van der Waals surface area contributed by atoms with Gasteiger partial charge in [0.1, 0.15) is 5.82 Å². The van der Waals surface area contributed by atoms with Gasteiger partial charge in [-0.05, 0) is 18.1 Å². The Bertz CT molecular complexity index is 670. The molecule has 0 amide bonds. The van der Waals surface area contributed by atoms with Gasteiger partial charge in [0.25, 0.3) is 0 Å². The zero-order valence-corrected chi connectivity index (χ0v) is 9.44. The summed E-state index contributed by atoms with van der Waals surface area (Å²) in [6, 6.07) is 10.1. The fraction of sp³-hybridized carbons (Fsp3) is 0.0769. The molecule has 17 heavy (non-hydrogen) atoms. The lowest BCUT2D eigenvalue weighted by atomic mass is 9.99. The van der Waals surface area contributed by atoms with E-state index in [1.54, 1.807) is 0 Å². The van der Waals surface area contributed by atoms with Crippen molar-refractivity contribution in [2.75, 3.05) is 5.73 Å². The molecule has 4 nitrogen and oxygen atoms in total. The first kappa shape index (κ1) is 9.84. The molecule has 0 atom stereocenters. The maximum absolute atomic E-state index is 5.93. The third-order valence-electron chi connectivity index (χ3n) is 2.86. The Hall–Kier alpha value is -2.36. The van der Waals surface area contributed by atoms with Crippen LogP contribution in [0.3, 0.4) is 0 Å². The molecule has 2 aromatic heterocycles. The molecule has 0 unspecified atom stereocenters. The van der Waals surface area contributed by atoms with E-state index in [1.165, 1.54) is 0 Å². The summed E-state index contributed by atoms with van der Waals surface area (Å²) in [5, 5.41) is 7.76. The van der Waals surface area contributed by atoms with E-state index in [-0.39, 0.29) is 0 Å². The van der Waals surface area contributed by atoms with Crippen molar-refractivity contribution in [1.82, 2.24) is 15.2 Å². The van der Waals surface area contributed by atoms with Crippen molar-refractivity contribution in [3.05, 3.63) is 42.1 Å². The first-order valence-corrected chi connectivity index (χ1v) is 5.42. The van der Waals surface area contributed by atoms with E-state index < -0.39 is 0 Å². The van der Waals surface area contributed by atoms with Gasteiger partial charge in [0.15, 0.2) is 5.65 Å². The molecule has 0 aliphatic rings. The Morgan fingerprint density at radius 2 is 1.94 bits per heavy atom. The second kappa shape index (κ2) is 3.59. The maximum atomic E-state index is 5.93. The fourth-order valence-corrected chi connectivity index (χ4v) is 2.08. The molecule has 0 saturated carbocycles. The molecule has 1 aromatic carbocycles. The zero-order valence-electron chi connectivity index (χ0n) is 9.44. The van der Waals surface area contributed by atoms with Gasteiger partial charge < -0.3 is 5.73 Å². The van der Waals surface area contributed by atoms with Crippen molar-refractivity contribution in [1.29, 1.82) is 0 Å². The predicted octanol–water partition coefficient (Wildman–Crippen LogP) is 2.52. The smallest absolute Gasteiger partial charge is 0.183 e. The van der Waals surface area contributed by atoms with Crippen LogP contribution in [0.2, 0.25) is 0 Å². The quantitative estimate of drug-likeness (QED) is 0.667. The number of rotatable bonds is 1. The van der Waals surface area contributed by atoms with E-state index in [9.17, 15) is 0 Å². The summed E-state index contributed by atoms with van der Waals surface area (Å²) in [4.78, 5) is 4.27. The summed E-state index contributed by atoms with van der Waals surface area (Å²) in [6.45, 7) is 2.03. The number of hydrogen-bond donors (Lipinski definition) is 2. The van der Waals surface area contributed by atoms with E-state index in [4.69, 9.17) is 5.73 Å². The lowest BCUT2D eigenvalue weighted by Gasteiger charge is -2.07. The largest absolute Gasteiger partial charge is 0.383 e. The van der Waals surface area contributed by atoms with E-state index in [0.29, 0.717) is 11.5 Å². The van der Waals surface area contributed by atoms with Gasteiger partial charge in [-0.25, -0.2) is 4.98 Å². The van der Waals surface area contributed by atoms with Gasteiger partial charge in [0, 0.05) is 11.8 Å². The van der Waals surface area contributed by atoms with Crippen LogP contribution >= 0.6 is 0 Å². The molecule has 3 N–H and O–H groups in total. The third-order valence-corrected chi connectivity index (χ3v) is 2.86. The average molecular weight is 224 g/mol. The first-order chi connectivity index (χ1) is 8.27.